The number of aromatic nitrogens is 2. The van der Waals surface area contributed by atoms with Gasteiger partial charge in [-0.15, -0.1) is 0 Å². The summed E-state index contributed by atoms with van der Waals surface area (Å²) in [4.78, 5) is 9.09. The Morgan fingerprint density at radius 2 is 2.14 bits per heavy atom. The SMILES string of the molecule is COc1ccccc1-c1cc(C2COCCN2)nc(C)n1. The lowest BCUT2D eigenvalue weighted by Gasteiger charge is -2.23. The van der Waals surface area contributed by atoms with Gasteiger partial charge in [-0.05, 0) is 25.1 Å². The number of nitrogens with one attached hydrogen (secondary N) is 1. The summed E-state index contributed by atoms with van der Waals surface area (Å²) in [6.45, 7) is 4.14. The molecule has 1 unspecified atom stereocenters. The van der Waals surface area contributed by atoms with Gasteiger partial charge in [-0.3, -0.25) is 0 Å². The highest BCUT2D eigenvalue weighted by Gasteiger charge is 2.19. The summed E-state index contributed by atoms with van der Waals surface area (Å²) < 4.78 is 10.9. The van der Waals surface area contributed by atoms with Crippen molar-refractivity contribution in [2.75, 3.05) is 26.9 Å². The third kappa shape index (κ3) is 3.04. The summed E-state index contributed by atoms with van der Waals surface area (Å²) in [5.74, 6) is 1.56. The van der Waals surface area contributed by atoms with Crippen molar-refractivity contribution in [1.29, 1.82) is 0 Å². The first kappa shape index (κ1) is 14.0. The van der Waals surface area contributed by atoms with Crippen molar-refractivity contribution in [2.45, 2.75) is 13.0 Å². The van der Waals surface area contributed by atoms with Gasteiger partial charge in [0.1, 0.15) is 11.6 Å². The third-order valence-corrected chi connectivity index (χ3v) is 3.52. The molecule has 1 aromatic heterocycles. The van der Waals surface area contributed by atoms with E-state index in [0.29, 0.717) is 6.61 Å². The Hall–Kier alpha value is -1.98. The number of benzene rings is 1. The normalized spacial score (nSPS) is 18.5. The van der Waals surface area contributed by atoms with Crippen LogP contribution in [0.15, 0.2) is 30.3 Å². The number of ether oxygens (including phenoxy) is 2. The van der Waals surface area contributed by atoms with Gasteiger partial charge in [-0.25, -0.2) is 9.97 Å². The molecule has 110 valence electrons. The number of methoxy groups -OCH3 is 1. The van der Waals surface area contributed by atoms with Gasteiger partial charge >= 0.3 is 0 Å². The molecule has 0 amide bonds. The lowest BCUT2D eigenvalue weighted by Crippen LogP contribution is -2.35. The van der Waals surface area contributed by atoms with Crippen LogP contribution in [0.3, 0.4) is 0 Å². The minimum atomic E-state index is 0.119. The fourth-order valence-corrected chi connectivity index (χ4v) is 2.52. The Kier molecular flexibility index (Phi) is 4.13. The Bertz CT molecular complexity index is 625. The van der Waals surface area contributed by atoms with Gasteiger partial charge in [-0.2, -0.15) is 0 Å². The van der Waals surface area contributed by atoms with E-state index in [4.69, 9.17) is 9.47 Å². The van der Waals surface area contributed by atoms with Crippen LogP contribution >= 0.6 is 0 Å². The zero-order valence-corrected chi connectivity index (χ0v) is 12.3. The van der Waals surface area contributed by atoms with Crippen molar-refractivity contribution in [3.63, 3.8) is 0 Å². The summed E-state index contributed by atoms with van der Waals surface area (Å²) in [7, 11) is 1.67. The summed E-state index contributed by atoms with van der Waals surface area (Å²) >= 11 is 0. The van der Waals surface area contributed by atoms with Gasteiger partial charge in [-0.1, -0.05) is 12.1 Å². The molecule has 1 aliphatic heterocycles. The van der Waals surface area contributed by atoms with Crippen molar-refractivity contribution >= 4 is 0 Å². The van der Waals surface area contributed by atoms with E-state index in [0.717, 1.165) is 41.7 Å². The van der Waals surface area contributed by atoms with Gasteiger partial charge in [0, 0.05) is 12.1 Å². The largest absolute Gasteiger partial charge is 0.496 e. The summed E-state index contributed by atoms with van der Waals surface area (Å²) in [5.41, 5.74) is 2.81. The van der Waals surface area contributed by atoms with E-state index >= 15 is 0 Å². The van der Waals surface area contributed by atoms with Gasteiger partial charge in [0.15, 0.2) is 0 Å². The number of nitrogens with zero attached hydrogens (tertiary/aromatic N) is 2. The molecule has 0 radical (unpaired) electrons. The molecule has 1 saturated heterocycles. The molecular formula is C16H19N3O2. The molecule has 2 aromatic rings. The van der Waals surface area contributed by atoms with E-state index in [-0.39, 0.29) is 6.04 Å². The number of rotatable bonds is 3. The quantitative estimate of drug-likeness (QED) is 0.936. The van der Waals surface area contributed by atoms with Crippen LogP contribution < -0.4 is 10.1 Å². The molecule has 1 aliphatic rings. The van der Waals surface area contributed by atoms with Crippen LogP contribution in [0.2, 0.25) is 0 Å². The van der Waals surface area contributed by atoms with Crippen LogP contribution in [0.1, 0.15) is 17.6 Å². The number of morpholine rings is 1. The number of hydrogen-bond acceptors (Lipinski definition) is 5. The minimum Gasteiger partial charge on any atom is -0.496 e. The second-order valence-electron chi connectivity index (χ2n) is 5.01. The van der Waals surface area contributed by atoms with Crippen LogP contribution in [0.25, 0.3) is 11.3 Å². The maximum atomic E-state index is 5.52. The third-order valence-electron chi connectivity index (χ3n) is 3.52. The molecule has 3 rings (SSSR count). The van der Waals surface area contributed by atoms with Crippen molar-refractivity contribution in [1.82, 2.24) is 15.3 Å². The van der Waals surface area contributed by atoms with E-state index in [1.54, 1.807) is 7.11 Å². The highest BCUT2D eigenvalue weighted by Crippen LogP contribution is 2.29. The average Bonchev–Trinajstić information content (AvgIpc) is 2.55. The molecule has 0 aliphatic carbocycles. The lowest BCUT2D eigenvalue weighted by atomic mass is 10.1. The first-order valence-electron chi connectivity index (χ1n) is 7.08. The first-order chi connectivity index (χ1) is 10.3. The van der Waals surface area contributed by atoms with Crippen molar-refractivity contribution in [3.8, 4) is 17.0 Å². The molecule has 5 nitrogen and oxygen atoms in total. The molecule has 1 atom stereocenters. The van der Waals surface area contributed by atoms with Gasteiger partial charge in [0.2, 0.25) is 0 Å². The molecule has 0 bridgehead atoms. The number of aryl methyl sites for hydroxylation is 1. The van der Waals surface area contributed by atoms with Gasteiger partial charge in [0.25, 0.3) is 0 Å². The molecule has 0 saturated carbocycles. The van der Waals surface area contributed by atoms with Crippen molar-refractivity contribution in [2.24, 2.45) is 0 Å². The zero-order valence-electron chi connectivity index (χ0n) is 12.3. The molecule has 5 heteroatoms. The molecular weight excluding hydrogens is 266 g/mol. The second kappa shape index (κ2) is 6.20. The topological polar surface area (TPSA) is 56.3 Å². The van der Waals surface area contributed by atoms with E-state index in [1.807, 2.05) is 37.3 Å². The summed E-state index contributed by atoms with van der Waals surface area (Å²) in [6.07, 6.45) is 0. The van der Waals surface area contributed by atoms with Crippen molar-refractivity contribution in [3.05, 3.63) is 41.9 Å². The fraction of sp³-hybridized carbons (Fsp3) is 0.375. The van der Waals surface area contributed by atoms with Crippen LogP contribution in [-0.2, 0) is 4.74 Å². The lowest BCUT2D eigenvalue weighted by molar-refractivity contribution is 0.0755. The summed E-state index contributed by atoms with van der Waals surface area (Å²) in [5, 5.41) is 3.42. The molecule has 1 fully saturated rings. The maximum Gasteiger partial charge on any atom is 0.128 e. The zero-order chi connectivity index (χ0) is 14.7. The van der Waals surface area contributed by atoms with Crippen LogP contribution in [0.5, 0.6) is 5.75 Å². The molecule has 1 aromatic carbocycles. The highest BCUT2D eigenvalue weighted by molar-refractivity contribution is 5.67. The predicted octanol–water partition coefficient (Wildman–Crippen LogP) is 2.12. The molecule has 1 N–H and O–H groups in total. The molecule has 21 heavy (non-hydrogen) atoms. The number of hydrogen-bond donors (Lipinski definition) is 1. The highest BCUT2D eigenvalue weighted by atomic mass is 16.5. The standard InChI is InChI=1S/C16H19N3O2/c1-11-18-13(12-5-3-4-6-16(12)20-2)9-14(19-11)15-10-21-8-7-17-15/h3-6,9,15,17H,7-8,10H2,1-2H3. The Morgan fingerprint density at radius 3 is 2.90 bits per heavy atom. The monoisotopic (exact) mass is 285 g/mol. The van der Waals surface area contributed by atoms with E-state index < -0.39 is 0 Å². The predicted molar refractivity (Wildman–Crippen MR) is 80.3 cm³/mol. The van der Waals surface area contributed by atoms with E-state index in [9.17, 15) is 0 Å². The van der Waals surface area contributed by atoms with Crippen LogP contribution in [0, 0.1) is 6.92 Å². The van der Waals surface area contributed by atoms with Gasteiger partial charge in [0.05, 0.1) is 37.8 Å². The molecule has 0 spiro atoms. The summed E-state index contributed by atoms with van der Waals surface area (Å²) in [6, 6.07) is 10.0. The first-order valence-corrected chi connectivity index (χ1v) is 7.08. The van der Waals surface area contributed by atoms with E-state index in [2.05, 4.69) is 15.3 Å². The second-order valence-corrected chi connectivity index (χ2v) is 5.01. The number of para-hydroxylation sites is 1. The maximum absolute atomic E-state index is 5.52. The minimum absolute atomic E-state index is 0.119. The Balaban J connectivity index is 2.01. The van der Waals surface area contributed by atoms with Crippen LogP contribution in [-0.4, -0.2) is 36.8 Å². The smallest absolute Gasteiger partial charge is 0.128 e. The fourth-order valence-electron chi connectivity index (χ4n) is 2.52. The Labute approximate surface area is 124 Å². The molecule has 2 heterocycles. The average molecular weight is 285 g/mol. The van der Waals surface area contributed by atoms with Crippen LogP contribution in [0.4, 0.5) is 0 Å². The van der Waals surface area contributed by atoms with Gasteiger partial charge < -0.3 is 14.8 Å². The van der Waals surface area contributed by atoms with Crippen molar-refractivity contribution < 1.29 is 9.47 Å². The Morgan fingerprint density at radius 1 is 1.29 bits per heavy atom. The van der Waals surface area contributed by atoms with E-state index in [1.165, 1.54) is 0 Å².